The van der Waals surface area contributed by atoms with Gasteiger partial charge < -0.3 is 10.6 Å². The predicted molar refractivity (Wildman–Crippen MR) is 67.2 cm³/mol. The summed E-state index contributed by atoms with van der Waals surface area (Å²) >= 11 is 1.88. The van der Waals surface area contributed by atoms with Crippen molar-refractivity contribution in [2.45, 2.75) is 31.1 Å². The van der Waals surface area contributed by atoms with Gasteiger partial charge in [-0.3, -0.25) is 0 Å². The molecular weight excluding hydrogens is 218 g/mol. The topological polar surface area (TPSA) is 37.0 Å². The fourth-order valence-electron chi connectivity index (χ4n) is 2.65. The normalized spacial score (nSPS) is 27.4. The van der Waals surface area contributed by atoms with Crippen LogP contribution in [0.4, 0.5) is 0 Å². The molecule has 1 atom stereocenters. The van der Waals surface area contributed by atoms with Crippen LogP contribution in [0.5, 0.6) is 0 Å². The van der Waals surface area contributed by atoms with Crippen molar-refractivity contribution in [1.29, 1.82) is 0 Å². The highest BCUT2D eigenvalue weighted by Crippen LogP contribution is 2.31. The first-order chi connectivity index (χ1) is 7.93. The molecule has 2 saturated heterocycles. The molecule has 2 fully saturated rings. The summed E-state index contributed by atoms with van der Waals surface area (Å²) < 4.78 is 0. The Labute approximate surface area is 101 Å². The maximum absolute atomic E-state index is 4.87. The zero-order chi connectivity index (χ0) is 10.8. The van der Waals surface area contributed by atoms with E-state index in [9.17, 15) is 0 Å². The van der Waals surface area contributed by atoms with Gasteiger partial charge in [0.2, 0.25) is 0 Å². The number of nitrogens with one attached hydrogen (secondary N) is 2. The molecule has 3 rings (SSSR count). The summed E-state index contributed by atoms with van der Waals surface area (Å²) in [6, 6.07) is 0. The predicted octanol–water partition coefficient (Wildman–Crippen LogP) is 1.69. The lowest BCUT2D eigenvalue weighted by molar-refractivity contribution is 0.458. The lowest BCUT2D eigenvalue weighted by Crippen LogP contribution is -2.26. The molecule has 0 spiro atoms. The minimum atomic E-state index is 0.673. The Kier molecular flexibility index (Phi) is 3.22. The summed E-state index contributed by atoms with van der Waals surface area (Å²) in [5.41, 5.74) is 1.34. The summed E-state index contributed by atoms with van der Waals surface area (Å²) in [6.45, 7) is 4.59. The standard InChI is InChI=1S/C12H19N3S/c1-4-13-5-2-9(1)12-15-11(8-16-12)10-3-6-14-7-10/h8-10,13-14H,1-7H2. The van der Waals surface area contributed by atoms with E-state index in [1.165, 1.54) is 30.0 Å². The van der Waals surface area contributed by atoms with Crippen LogP contribution in [0.2, 0.25) is 0 Å². The number of hydrogen-bond donors (Lipinski definition) is 2. The first kappa shape index (κ1) is 10.7. The Morgan fingerprint density at radius 1 is 1.06 bits per heavy atom. The third kappa shape index (κ3) is 2.14. The fraction of sp³-hybridized carbons (Fsp3) is 0.750. The molecule has 2 aliphatic heterocycles. The van der Waals surface area contributed by atoms with Gasteiger partial charge in [-0.2, -0.15) is 0 Å². The van der Waals surface area contributed by atoms with Gasteiger partial charge in [0, 0.05) is 23.8 Å². The van der Waals surface area contributed by atoms with Crippen molar-refractivity contribution in [3.63, 3.8) is 0 Å². The van der Waals surface area contributed by atoms with Gasteiger partial charge in [0.1, 0.15) is 0 Å². The average Bonchev–Trinajstić information content (AvgIpc) is 3.01. The summed E-state index contributed by atoms with van der Waals surface area (Å²) in [6.07, 6.45) is 3.78. The maximum atomic E-state index is 4.87. The molecule has 2 N–H and O–H groups in total. The Balaban J connectivity index is 1.71. The van der Waals surface area contributed by atoms with Gasteiger partial charge in [0.25, 0.3) is 0 Å². The van der Waals surface area contributed by atoms with E-state index in [1.54, 1.807) is 0 Å². The van der Waals surface area contributed by atoms with Crippen LogP contribution in [-0.2, 0) is 0 Å². The third-order valence-corrected chi connectivity index (χ3v) is 4.73. The van der Waals surface area contributed by atoms with E-state index in [0.29, 0.717) is 5.92 Å². The SMILES string of the molecule is c1sc(C2CCNCC2)nc1C1CCNC1. The van der Waals surface area contributed by atoms with Gasteiger partial charge in [-0.05, 0) is 38.9 Å². The molecule has 0 bridgehead atoms. The molecule has 0 aliphatic carbocycles. The Morgan fingerprint density at radius 2 is 1.81 bits per heavy atom. The second kappa shape index (κ2) is 4.82. The minimum Gasteiger partial charge on any atom is -0.317 e. The van der Waals surface area contributed by atoms with Gasteiger partial charge >= 0.3 is 0 Å². The molecule has 1 unspecified atom stereocenters. The highest BCUT2D eigenvalue weighted by atomic mass is 32.1. The Bertz CT molecular complexity index is 338. The zero-order valence-electron chi connectivity index (χ0n) is 9.54. The van der Waals surface area contributed by atoms with E-state index in [2.05, 4.69) is 16.0 Å². The highest BCUT2D eigenvalue weighted by Gasteiger charge is 2.22. The van der Waals surface area contributed by atoms with E-state index in [-0.39, 0.29) is 0 Å². The first-order valence-electron chi connectivity index (χ1n) is 6.30. The second-order valence-corrected chi connectivity index (χ2v) is 5.71. The van der Waals surface area contributed by atoms with Crippen molar-refractivity contribution in [1.82, 2.24) is 15.6 Å². The molecule has 16 heavy (non-hydrogen) atoms. The number of thiazole rings is 1. The van der Waals surface area contributed by atoms with Crippen LogP contribution in [0, 0.1) is 0 Å². The van der Waals surface area contributed by atoms with E-state index >= 15 is 0 Å². The van der Waals surface area contributed by atoms with Crippen molar-refractivity contribution in [2.75, 3.05) is 26.2 Å². The van der Waals surface area contributed by atoms with Gasteiger partial charge in [0.15, 0.2) is 0 Å². The van der Waals surface area contributed by atoms with Crippen LogP contribution >= 0.6 is 11.3 Å². The number of nitrogens with zero attached hydrogens (tertiary/aromatic N) is 1. The third-order valence-electron chi connectivity index (χ3n) is 3.71. The zero-order valence-corrected chi connectivity index (χ0v) is 10.4. The van der Waals surface area contributed by atoms with E-state index in [4.69, 9.17) is 4.98 Å². The molecule has 1 aromatic heterocycles. The van der Waals surface area contributed by atoms with Crippen LogP contribution in [0.3, 0.4) is 0 Å². The second-order valence-electron chi connectivity index (χ2n) is 4.82. The van der Waals surface area contributed by atoms with Crippen LogP contribution < -0.4 is 10.6 Å². The minimum absolute atomic E-state index is 0.673. The molecule has 1 aromatic rings. The molecule has 4 heteroatoms. The van der Waals surface area contributed by atoms with Crippen molar-refractivity contribution in [3.05, 3.63) is 16.1 Å². The molecule has 0 radical (unpaired) electrons. The summed E-state index contributed by atoms with van der Waals surface area (Å²) in [5.74, 6) is 1.39. The number of aromatic nitrogens is 1. The van der Waals surface area contributed by atoms with E-state index < -0.39 is 0 Å². The van der Waals surface area contributed by atoms with Crippen molar-refractivity contribution in [2.24, 2.45) is 0 Å². The summed E-state index contributed by atoms with van der Waals surface area (Å²) in [5, 5.41) is 10.5. The molecule has 0 saturated carbocycles. The van der Waals surface area contributed by atoms with E-state index in [1.807, 2.05) is 11.3 Å². The highest BCUT2D eigenvalue weighted by molar-refractivity contribution is 7.09. The summed E-state index contributed by atoms with van der Waals surface area (Å²) in [4.78, 5) is 4.87. The number of piperidine rings is 1. The van der Waals surface area contributed by atoms with Crippen LogP contribution in [0.25, 0.3) is 0 Å². The van der Waals surface area contributed by atoms with Crippen molar-refractivity contribution in [3.8, 4) is 0 Å². The van der Waals surface area contributed by atoms with Gasteiger partial charge in [0.05, 0.1) is 10.7 Å². The summed E-state index contributed by atoms with van der Waals surface area (Å²) in [7, 11) is 0. The van der Waals surface area contributed by atoms with Crippen LogP contribution in [-0.4, -0.2) is 31.2 Å². The Hall–Kier alpha value is -0.450. The first-order valence-corrected chi connectivity index (χ1v) is 7.18. The van der Waals surface area contributed by atoms with Crippen LogP contribution in [0.1, 0.15) is 41.8 Å². The van der Waals surface area contributed by atoms with Crippen molar-refractivity contribution < 1.29 is 0 Å². The van der Waals surface area contributed by atoms with Gasteiger partial charge in [-0.15, -0.1) is 11.3 Å². The molecule has 3 heterocycles. The molecule has 0 aromatic carbocycles. The molecule has 2 aliphatic rings. The lowest BCUT2D eigenvalue weighted by atomic mass is 9.99. The molecule has 0 amide bonds. The van der Waals surface area contributed by atoms with Crippen molar-refractivity contribution >= 4 is 11.3 Å². The average molecular weight is 237 g/mol. The Morgan fingerprint density at radius 3 is 2.56 bits per heavy atom. The largest absolute Gasteiger partial charge is 0.317 e. The number of rotatable bonds is 2. The molecule has 3 nitrogen and oxygen atoms in total. The molecular formula is C12H19N3S. The van der Waals surface area contributed by atoms with Gasteiger partial charge in [-0.25, -0.2) is 4.98 Å². The monoisotopic (exact) mass is 237 g/mol. The van der Waals surface area contributed by atoms with Crippen LogP contribution in [0.15, 0.2) is 5.38 Å². The quantitative estimate of drug-likeness (QED) is 0.822. The number of hydrogen-bond acceptors (Lipinski definition) is 4. The fourth-order valence-corrected chi connectivity index (χ4v) is 3.72. The molecule has 88 valence electrons. The maximum Gasteiger partial charge on any atom is 0.0960 e. The smallest absolute Gasteiger partial charge is 0.0960 e. The lowest BCUT2D eigenvalue weighted by Gasteiger charge is -2.20. The van der Waals surface area contributed by atoms with Gasteiger partial charge in [-0.1, -0.05) is 0 Å². The van der Waals surface area contributed by atoms with E-state index in [0.717, 1.165) is 32.1 Å².